The van der Waals surface area contributed by atoms with E-state index in [0.717, 1.165) is 0 Å². The van der Waals surface area contributed by atoms with Crippen LogP contribution in [0.5, 0.6) is 0 Å². The third-order valence-corrected chi connectivity index (χ3v) is 3.64. The van der Waals surface area contributed by atoms with Gasteiger partial charge in [0.15, 0.2) is 11.6 Å². The second-order valence-corrected chi connectivity index (χ2v) is 5.02. The molecule has 0 fully saturated rings. The van der Waals surface area contributed by atoms with Crippen LogP contribution >= 0.6 is 0 Å². The minimum atomic E-state index is -1.51. The van der Waals surface area contributed by atoms with Crippen molar-refractivity contribution in [2.75, 3.05) is 5.73 Å². The van der Waals surface area contributed by atoms with Crippen LogP contribution in [0.4, 0.5) is 5.69 Å². The maximum absolute atomic E-state index is 11.5. The van der Waals surface area contributed by atoms with Crippen molar-refractivity contribution in [3.63, 3.8) is 0 Å². The Morgan fingerprint density at radius 3 is 1.95 bits per heavy atom. The van der Waals surface area contributed by atoms with E-state index in [0.29, 0.717) is 22.9 Å². The van der Waals surface area contributed by atoms with Gasteiger partial charge in [-0.3, -0.25) is 0 Å². The number of aliphatic hydroxyl groups is 1. The van der Waals surface area contributed by atoms with E-state index in [2.05, 4.69) is 9.97 Å². The minimum Gasteiger partial charge on any atom is -0.398 e. The van der Waals surface area contributed by atoms with Crippen molar-refractivity contribution in [3.05, 3.63) is 66.3 Å². The number of imidazole rings is 2. The molecular formula is C15H17N5O. The van der Waals surface area contributed by atoms with E-state index in [1.54, 1.807) is 46.1 Å². The molecule has 0 saturated heterocycles. The highest BCUT2D eigenvalue weighted by molar-refractivity contribution is 5.54. The zero-order valence-corrected chi connectivity index (χ0v) is 11.9. The fourth-order valence-corrected chi connectivity index (χ4v) is 2.60. The van der Waals surface area contributed by atoms with E-state index < -0.39 is 5.60 Å². The molecule has 0 aliphatic carbocycles. The molecule has 6 heteroatoms. The molecule has 0 unspecified atom stereocenters. The highest BCUT2D eigenvalue weighted by atomic mass is 16.3. The molecule has 2 aromatic heterocycles. The molecule has 0 amide bonds. The molecule has 3 N–H and O–H groups in total. The van der Waals surface area contributed by atoms with E-state index in [4.69, 9.17) is 5.73 Å². The molecule has 0 radical (unpaired) electrons. The van der Waals surface area contributed by atoms with E-state index in [-0.39, 0.29) is 0 Å². The second-order valence-electron chi connectivity index (χ2n) is 5.02. The summed E-state index contributed by atoms with van der Waals surface area (Å²) in [5.74, 6) is 0.935. The van der Waals surface area contributed by atoms with E-state index in [1.807, 2.05) is 26.2 Å². The van der Waals surface area contributed by atoms with Crippen molar-refractivity contribution in [3.8, 4) is 0 Å². The Bertz CT molecular complexity index is 733. The average molecular weight is 283 g/mol. The zero-order chi connectivity index (χ0) is 15.0. The standard InChI is InChI=1S/C15H17N5O/c1-19-9-7-17-13(19)15(21,14-18-8-10-20(14)2)11-5-3-4-6-12(11)16/h3-10,21H,16H2,1-2H3. The third-order valence-electron chi connectivity index (χ3n) is 3.64. The van der Waals surface area contributed by atoms with Crippen LogP contribution in [0.2, 0.25) is 0 Å². The number of rotatable bonds is 3. The molecular weight excluding hydrogens is 266 g/mol. The van der Waals surface area contributed by atoms with Crippen molar-refractivity contribution < 1.29 is 5.11 Å². The zero-order valence-electron chi connectivity index (χ0n) is 11.9. The third kappa shape index (κ3) is 1.92. The topological polar surface area (TPSA) is 81.9 Å². The Kier molecular flexibility index (Phi) is 3.03. The van der Waals surface area contributed by atoms with Gasteiger partial charge in [0.1, 0.15) is 0 Å². The highest BCUT2D eigenvalue weighted by Crippen LogP contribution is 2.37. The number of para-hydroxylation sites is 1. The summed E-state index contributed by atoms with van der Waals surface area (Å²) >= 11 is 0. The van der Waals surface area contributed by atoms with Crippen molar-refractivity contribution in [1.29, 1.82) is 0 Å². The van der Waals surface area contributed by atoms with Gasteiger partial charge < -0.3 is 20.0 Å². The molecule has 2 heterocycles. The largest absolute Gasteiger partial charge is 0.398 e. The van der Waals surface area contributed by atoms with Crippen LogP contribution in [0.15, 0.2) is 49.1 Å². The average Bonchev–Trinajstić information content (AvgIpc) is 3.07. The molecule has 6 nitrogen and oxygen atoms in total. The summed E-state index contributed by atoms with van der Waals surface area (Å²) in [5, 5.41) is 11.5. The van der Waals surface area contributed by atoms with Gasteiger partial charge in [-0.15, -0.1) is 0 Å². The van der Waals surface area contributed by atoms with Crippen LogP contribution in [-0.4, -0.2) is 24.2 Å². The molecule has 0 spiro atoms. The van der Waals surface area contributed by atoms with Crippen LogP contribution in [0.25, 0.3) is 0 Å². The normalized spacial score (nSPS) is 11.8. The van der Waals surface area contributed by atoms with Gasteiger partial charge in [-0.05, 0) is 6.07 Å². The maximum atomic E-state index is 11.5. The molecule has 21 heavy (non-hydrogen) atoms. The van der Waals surface area contributed by atoms with Crippen LogP contribution in [-0.2, 0) is 19.7 Å². The maximum Gasteiger partial charge on any atom is 0.208 e. The SMILES string of the molecule is Cn1ccnc1C(O)(c1ccccc1N)c1nccn1C. The van der Waals surface area contributed by atoms with E-state index in [1.165, 1.54) is 0 Å². The monoisotopic (exact) mass is 283 g/mol. The number of benzene rings is 1. The van der Waals surface area contributed by atoms with Crippen LogP contribution < -0.4 is 5.73 Å². The van der Waals surface area contributed by atoms with Crippen molar-refractivity contribution in [1.82, 2.24) is 19.1 Å². The number of aryl methyl sites for hydroxylation is 2. The van der Waals surface area contributed by atoms with Gasteiger partial charge >= 0.3 is 0 Å². The smallest absolute Gasteiger partial charge is 0.208 e. The van der Waals surface area contributed by atoms with E-state index >= 15 is 0 Å². The summed E-state index contributed by atoms with van der Waals surface area (Å²) in [6.07, 6.45) is 6.84. The summed E-state index contributed by atoms with van der Waals surface area (Å²) in [5.41, 5.74) is 5.63. The summed E-state index contributed by atoms with van der Waals surface area (Å²) in [6, 6.07) is 7.21. The Morgan fingerprint density at radius 1 is 1.00 bits per heavy atom. The Labute approximate surface area is 122 Å². The number of nitrogens with zero attached hydrogens (tertiary/aromatic N) is 4. The molecule has 1 aromatic carbocycles. The summed E-state index contributed by atoms with van der Waals surface area (Å²) < 4.78 is 3.53. The quantitative estimate of drug-likeness (QED) is 0.703. The van der Waals surface area contributed by atoms with Crippen LogP contribution in [0, 0.1) is 0 Å². The van der Waals surface area contributed by atoms with Gasteiger partial charge in [0, 0.05) is 50.1 Å². The van der Waals surface area contributed by atoms with Gasteiger partial charge in [0.25, 0.3) is 0 Å². The molecule has 108 valence electrons. The first-order chi connectivity index (χ1) is 10.0. The van der Waals surface area contributed by atoms with Crippen LogP contribution in [0.3, 0.4) is 0 Å². The van der Waals surface area contributed by atoms with Gasteiger partial charge in [0.05, 0.1) is 0 Å². The molecule has 0 bridgehead atoms. The van der Waals surface area contributed by atoms with Crippen LogP contribution in [0.1, 0.15) is 17.2 Å². The predicted molar refractivity (Wildman–Crippen MR) is 79.4 cm³/mol. The van der Waals surface area contributed by atoms with Gasteiger partial charge in [0.2, 0.25) is 5.60 Å². The lowest BCUT2D eigenvalue weighted by atomic mass is 9.90. The van der Waals surface area contributed by atoms with Crippen molar-refractivity contribution in [2.45, 2.75) is 5.60 Å². The molecule has 0 atom stereocenters. The summed E-state index contributed by atoms with van der Waals surface area (Å²) in [6.45, 7) is 0. The highest BCUT2D eigenvalue weighted by Gasteiger charge is 2.42. The lowest BCUT2D eigenvalue weighted by Crippen LogP contribution is -2.35. The number of anilines is 1. The van der Waals surface area contributed by atoms with Gasteiger partial charge in [-0.25, -0.2) is 9.97 Å². The lowest BCUT2D eigenvalue weighted by Gasteiger charge is -2.28. The summed E-state index contributed by atoms with van der Waals surface area (Å²) in [7, 11) is 3.66. The molecule has 3 aromatic rings. The number of hydrogen-bond acceptors (Lipinski definition) is 4. The Hall–Kier alpha value is -2.60. The first-order valence-electron chi connectivity index (χ1n) is 6.58. The number of aromatic nitrogens is 4. The number of nitrogen functional groups attached to an aromatic ring is 1. The molecule has 0 aliphatic heterocycles. The number of nitrogens with two attached hydrogens (primary N) is 1. The minimum absolute atomic E-state index is 0.467. The lowest BCUT2D eigenvalue weighted by molar-refractivity contribution is 0.100. The Morgan fingerprint density at radius 2 is 1.52 bits per heavy atom. The van der Waals surface area contributed by atoms with E-state index in [9.17, 15) is 5.11 Å². The first kappa shape index (κ1) is 13.4. The first-order valence-corrected chi connectivity index (χ1v) is 6.58. The van der Waals surface area contributed by atoms with Crippen molar-refractivity contribution in [2.24, 2.45) is 14.1 Å². The fourth-order valence-electron chi connectivity index (χ4n) is 2.60. The number of hydrogen-bond donors (Lipinski definition) is 2. The molecule has 0 aliphatic rings. The predicted octanol–water partition coefficient (Wildman–Crippen LogP) is 1.02. The molecule has 3 rings (SSSR count). The second kappa shape index (κ2) is 4.75. The summed E-state index contributed by atoms with van der Waals surface area (Å²) in [4.78, 5) is 8.61. The molecule has 0 saturated carbocycles. The van der Waals surface area contributed by atoms with Gasteiger partial charge in [-0.2, -0.15) is 0 Å². The van der Waals surface area contributed by atoms with Gasteiger partial charge in [-0.1, -0.05) is 18.2 Å². The Balaban J connectivity index is 2.34. The fraction of sp³-hybridized carbons (Fsp3) is 0.200. The van der Waals surface area contributed by atoms with Crippen molar-refractivity contribution >= 4 is 5.69 Å².